The van der Waals surface area contributed by atoms with E-state index in [-0.39, 0.29) is 5.91 Å². The number of amides is 1. The van der Waals surface area contributed by atoms with E-state index in [2.05, 4.69) is 5.32 Å². The van der Waals surface area contributed by atoms with E-state index >= 15 is 0 Å². The van der Waals surface area contributed by atoms with E-state index in [9.17, 15) is 4.79 Å². The highest BCUT2D eigenvalue weighted by molar-refractivity contribution is 7.98. The number of nitrogens with one attached hydrogen (secondary N) is 1. The number of furan rings is 1. The number of hydrogen-bond donors (Lipinski definition) is 2. The lowest BCUT2D eigenvalue weighted by molar-refractivity contribution is -0.123. The van der Waals surface area contributed by atoms with Gasteiger partial charge in [0.05, 0.1) is 12.0 Å². The van der Waals surface area contributed by atoms with Gasteiger partial charge in [-0.1, -0.05) is 37.3 Å². The fourth-order valence-electron chi connectivity index (χ4n) is 2.26. The van der Waals surface area contributed by atoms with Crippen LogP contribution in [0.1, 0.15) is 18.2 Å². The first kappa shape index (κ1) is 15.7. The number of likely N-dealkylation sites (N-methyl/N-ethyl adjacent to an activating group) is 1. The Hall–Kier alpha value is -1.72. The predicted molar refractivity (Wildman–Crippen MR) is 85.9 cm³/mol. The monoisotopic (exact) mass is 304 g/mol. The van der Waals surface area contributed by atoms with E-state index in [1.165, 1.54) is 0 Å². The Labute approximate surface area is 129 Å². The van der Waals surface area contributed by atoms with Crippen molar-refractivity contribution in [2.75, 3.05) is 12.3 Å². The maximum absolute atomic E-state index is 12.1. The molecule has 5 heteroatoms. The fourth-order valence-corrected chi connectivity index (χ4v) is 3.45. The highest BCUT2D eigenvalue weighted by Crippen LogP contribution is 2.27. The van der Waals surface area contributed by atoms with Crippen LogP contribution in [-0.4, -0.2) is 18.2 Å². The molecule has 0 radical (unpaired) electrons. The molecule has 2 rings (SSSR count). The third-order valence-electron chi connectivity index (χ3n) is 3.31. The molecule has 0 bridgehead atoms. The molecule has 0 aliphatic carbocycles. The van der Waals surface area contributed by atoms with Gasteiger partial charge in [0.15, 0.2) is 0 Å². The molecule has 0 spiro atoms. The number of rotatable bonds is 8. The van der Waals surface area contributed by atoms with Crippen molar-refractivity contribution in [3.8, 4) is 0 Å². The average molecular weight is 304 g/mol. The summed E-state index contributed by atoms with van der Waals surface area (Å²) >= 11 is 1.62. The molecule has 4 nitrogen and oxygen atoms in total. The van der Waals surface area contributed by atoms with Gasteiger partial charge in [0.1, 0.15) is 11.3 Å². The summed E-state index contributed by atoms with van der Waals surface area (Å²) in [7, 11) is 0. The third kappa shape index (κ3) is 3.68. The summed E-state index contributed by atoms with van der Waals surface area (Å²) in [6, 6.07) is 13.4. The van der Waals surface area contributed by atoms with Gasteiger partial charge in [-0.05, 0) is 24.2 Å². The number of thioether (sulfide) groups is 1. The van der Waals surface area contributed by atoms with Crippen molar-refractivity contribution in [1.82, 2.24) is 5.32 Å². The van der Waals surface area contributed by atoms with Crippen LogP contribution in [0.15, 0.2) is 53.1 Å². The first-order valence-electron chi connectivity index (χ1n) is 6.89. The maximum Gasteiger partial charge on any atom is 0.243 e. The van der Waals surface area contributed by atoms with Crippen LogP contribution in [0.2, 0.25) is 0 Å². The molecule has 3 N–H and O–H groups in total. The molecule has 112 valence electrons. The van der Waals surface area contributed by atoms with Gasteiger partial charge in [0.25, 0.3) is 0 Å². The van der Waals surface area contributed by atoms with E-state index < -0.39 is 5.54 Å². The van der Waals surface area contributed by atoms with Gasteiger partial charge in [-0.2, -0.15) is 11.8 Å². The van der Waals surface area contributed by atoms with Crippen LogP contribution in [-0.2, 0) is 16.1 Å². The molecule has 1 atom stereocenters. The molecular weight excluding hydrogens is 284 g/mol. The molecule has 1 amide bonds. The molecule has 0 aliphatic rings. The van der Waals surface area contributed by atoms with Crippen LogP contribution < -0.4 is 11.1 Å². The maximum atomic E-state index is 12.1. The summed E-state index contributed by atoms with van der Waals surface area (Å²) < 4.78 is 5.32. The van der Waals surface area contributed by atoms with Crippen molar-refractivity contribution in [3.63, 3.8) is 0 Å². The van der Waals surface area contributed by atoms with E-state index in [1.807, 2.05) is 49.4 Å². The van der Waals surface area contributed by atoms with Crippen molar-refractivity contribution in [2.24, 2.45) is 5.73 Å². The zero-order valence-corrected chi connectivity index (χ0v) is 12.9. The Morgan fingerprint density at radius 3 is 2.62 bits per heavy atom. The molecule has 0 saturated heterocycles. The molecule has 0 aliphatic heterocycles. The Morgan fingerprint density at radius 2 is 2.05 bits per heavy atom. The molecular formula is C16H20N2O2S. The zero-order valence-electron chi connectivity index (χ0n) is 12.0. The molecule has 2 aromatic rings. The van der Waals surface area contributed by atoms with E-state index in [0.29, 0.717) is 18.1 Å². The largest absolute Gasteiger partial charge is 0.468 e. The van der Waals surface area contributed by atoms with Gasteiger partial charge in [-0.3, -0.25) is 10.1 Å². The van der Waals surface area contributed by atoms with Crippen molar-refractivity contribution in [1.29, 1.82) is 0 Å². The lowest BCUT2D eigenvalue weighted by Gasteiger charge is -2.31. The molecule has 1 aromatic carbocycles. The van der Waals surface area contributed by atoms with Crippen LogP contribution in [0.5, 0.6) is 0 Å². The van der Waals surface area contributed by atoms with Gasteiger partial charge in [-0.15, -0.1) is 0 Å². The van der Waals surface area contributed by atoms with Crippen LogP contribution in [0.25, 0.3) is 0 Å². The van der Waals surface area contributed by atoms with Gasteiger partial charge < -0.3 is 10.2 Å². The lowest BCUT2D eigenvalue weighted by atomic mass is 9.91. The topological polar surface area (TPSA) is 68.3 Å². The zero-order chi connectivity index (χ0) is 15.1. The van der Waals surface area contributed by atoms with E-state index in [1.54, 1.807) is 18.0 Å². The van der Waals surface area contributed by atoms with Gasteiger partial charge in [-0.25, -0.2) is 0 Å². The van der Waals surface area contributed by atoms with Crippen molar-refractivity contribution in [3.05, 3.63) is 60.1 Å². The van der Waals surface area contributed by atoms with Crippen molar-refractivity contribution in [2.45, 2.75) is 18.2 Å². The number of benzene rings is 1. The number of carbonyl (C=O) groups excluding carboxylic acids is 1. The normalized spacial score (nSPS) is 13.8. The van der Waals surface area contributed by atoms with Gasteiger partial charge >= 0.3 is 0 Å². The Morgan fingerprint density at radius 1 is 1.29 bits per heavy atom. The summed E-state index contributed by atoms with van der Waals surface area (Å²) in [5, 5.41) is 3.27. The average Bonchev–Trinajstić information content (AvgIpc) is 3.00. The second-order valence-electron chi connectivity index (χ2n) is 4.74. The molecule has 21 heavy (non-hydrogen) atoms. The van der Waals surface area contributed by atoms with Crippen LogP contribution in [0, 0.1) is 0 Å². The summed E-state index contributed by atoms with van der Waals surface area (Å²) in [6.45, 7) is 2.64. The summed E-state index contributed by atoms with van der Waals surface area (Å²) in [4.78, 5) is 12.1. The highest BCUT2D eigenvalue weighted by Gasteiger charge is 2.37. The Balaban J connectivity index is 2.16. The van der Waals surface area contributed by atoms with Crippen molar-refractivity contribution < 1.29 is 9.21 Å². The second-order valence-corrected chi connectivity index (χ2v) is 5.72. The van der Waals surface area contributed by atoms with E-state index in [4.69, 9.17) is 10.2 Å². The molecule has 0 fully saturated rings. The molecule has 1 unspecified atom stereocenters. The van der Waals surface area contributed by atoms with E-state index in [0.717, 1.165) is 11.3 Å². The molecule has 0 saturated carbocycles. The van der Waals surface area contributed by atoms with Crippen molar-refractivity contribution >= 4 is 17.7 Å². The Kier molecular flexibility index (Phi) is 5.47. The van der Waals surface area contributed by atoms with Crippen LogP contribution in [0.4, 0.5) is 0 Å². The summed E-state index contributed by atoms with van der Waals surface area (Å²) in [6.07, 6.45) is 1.65. The van der Waals surface area contributed by atoms with Crippen LogP contribution >= 0.6 is 11.8 Å². The van der Waals surface area contributed by atoms with Crippen LogP contribution in [0.3, 0.4) is 0 Å². The molecule has 1 aromatic heterocycles. The minimum absolute atomic E-state index is 0.359. The third-order valence-corrected chi connectivity index (χ3v) is 4.43. The predicted octanol–water partition coefficient (Wildman–Crippen LogP) is 2.50. The lowest BCUT2D eigenvalue weighted by Crippen LogP contribution is -2.54. The van der Waals surface area contributed by atoms with Gasteiger partial charge in [0, 0.05) is 5.75 Å². The first-order chi connectivity index (χ1) is 10.2. The quantitative estimate of drug-likeness (QED) is 0.786. The smallest absolute Gasteiger partial charge is 0.243 e. The summed E-state index contributed by atoms with van der Waals surface area (Å²) in [5.41, 5.74) is 5.75. The molecule has 1 heterocycles. The number of carbonyl (C=O) groups is 1. The number of primary amides is 1. The van der Waals surface area contributed by atoms with Gasteiger partial charge in [0.2, 0.25) is 5.91 Å². The number of hydrogen-bond acceptors (Lipinski definition) is 4. The minimum atomic E-state index is -0.854. The standard InChI is InChI=1S/C16H20N2O2S/c1-2-18-16(15(17)19,13-7-4-3-5-8-13)12-21-11-14-9-6-10-20-14/h3-10,18H,2,11-12H2,1H3,(H2,17,19). The fraction of sp³-hybridized carbons (Fsp3) is 0.312. The summed E-state index contributed by atoms with van der Waals surface area (Å²) in [5.74, 6) is 1.80. The number of nitrogens with two attached hydrogens (primary N) is 1. The highest BCUT2D eigenvalue weighted by atomic mass is 32.2. The SMILES string of the molecule is CCNC(CSCc1ccco1)(C(N)=O)c1ccccc1. The Bertz CT molecular complexity index is 557. The minimum Gasteiger partial charge on any atom is -0.468 e. The first-order valence-corrected chi connectivity index (χ1v) is 8.05. The second kappa shape index (κ2) is 7.33.